The van der Waals surface area contributed by atoms with Gasteiger partial charge in [-0.1, -0.05) is 11.2 Å². The highest BCUT2D eigenvalue weighted by atomic mass is 19.1. The standard InChI is InChI=1S/C15H16F2N2O/c1-10-7-15(20-18-10)14-3-2-6-19(14)9-11-4-5-12(16)8-13(11)17/h4-5,7-8,14H,2-3,6,9H2,1H3. The van der Waals surface area contributed by atoms with E-state index in [1.807, 2.05) is 13.0 Å². The van der Waals surface area contributed by atoms with Gasteiger partial charge in [0.2, 0.25) is 0 Å². The Kier molecular flexibility index (Phi) is 3.53. The van der Waals surface area contributed by atoms with Crippen molar-refractivity contribution in [3.05, 3.63) is 52.9 Å². The first kappa shape index (κ1) is 13.2. The average molecular weight is 278 g/mol. The van der Waals surface area contributed by atoms with Crippen molar-refractivity contribution in [2.24, 2.45) is 0 Å². The van der Waals surface area contributed by atoms with Crippen molar-refractivity contribution >= 4 is 0 Å². The van der Waals surface area contributed by atoms with Gasteiger partial charge in [-0.3, -0.25) is 4.90 Å². The molecule has 3 nitrogen and oxygen atoms in total. The van der Waals surface area contributed by atoms with Crippen LogP contribution in [0.4, 0.5) is 8.78 Å². The van der Waals surface area contributed by atoms with Crippen LogP contribution in [0, 0.1) is 18.6 Å². The van der Waals surface area contributed by atoms with Crippen LogP contribution in [0.3, 0.4) is 0 Å². The first-order valence-corrected chi connectivity index (χ1v) is 6.74. The molecule has 3 rings (SSSR count). The summed E-state index contributed by atoms with van der Waals surface area (Å²) in [7, 11) is 0. The fourth-order valence-corrected chi connectivity index (χ4v) is 2.75. The third-order valence-electron chi connectivity index (χ3n) is 3.73. The molecule has 0 aliphatic carbocycles. The van der Waals surface area contributed by atoms with Gasteiger partial charge in [-0.2, -0.15) is 0 Å². The molecule has 0 N–H and O–H groups in total. The van der Waals surface area contributed by atoms with E-state index >= 15 is 0 Å². The van der Waals surface area contributed by atoms with Gasteiger partial charge >= 0.3 is 0 Å². The molecule has 1 aromatic heterocycles. The number of likely N-dealkylation sites (tertiary alicyclic amines) is 1. The Morgan fingerprint density at radius 2 is 2.20 bits per heavy atom. The summed E-state index contributed by atoms with van der Waals surface area (Å²) < 4.78 is 32.0. The van der Waals surface area contributed by atoms with Crippen LogP contribution in [0.25, 0.3) is 0 Å². The minimum atomic E-state index is -0.546. The molecule has 1 atom stereocenters. The van der Waals surface area contributed by atoms with Gasteiger partial charge in [0, 0.05) is 24.2 Å². The van der Waals surface area contributed by atoms with Gasteiger partial charge in [-0.15, -0.1) is 0 Å². The molecule has 1 unspecified atom stereocenters. The maximum atomic E-state index is 13.7. The molecule has 1 aliphatic rings. The van der Waals surface area contributed by atoms with Crippen LogP contribution in [0.5, 0.6) is 0 Å². The SMILES string of the molecule is Cc1cc(C2CCCN2Cc2ccc(F)cc2F)on1. The van der Waals surface area contributed by atoms with Crippen LogP contribution in [-0.2, 0) is 6.54 Å². The van der Waals surface area contributed by atoms with E-state index in [1.54, 1.807) is 0 Å². The largest absolute Gasteiger partial charge is 0.359 e. The Balaban J connectivity index is 1.79. The minimum absolute atomic E-state index is 0.126. The number of aromatic nitrogens is 1. The second-order valence-corrected chi connectivity index (χ2v) is 5.23. The molecule has 106 valence electrons. The predicted octanol–water partition coefficient (Wildman–Crippen LogP) is 3.60. The molecule has 1 aromatic carbocycles. The number of benzene rings is 1. The minimum Gasteiger partial charge on any atom is -0.359 e. The second-order valence-electron chi connectivity index (χ2n) is 5.23. The quantitative estimate of drug-likeness (QED) is 0.859. The molecule has 0 bridgehead atoms. The lowest BCUT2D eigenvalue weighted by molar-refractivity contribution is 0.204. The number of hydrogen-bond donors (Lipinski definition) is 0. The van der Waals surface area contributed by atoms with Gasteiger partial charge in [0.15, 0.2) is 5.76 Å². The van der Waals surface area contributed by atoms with Crippen molar-refractivity contribution in [2.75, 3.05) is 6.54 Å². The van der Waals surface area contributed by atoms with Crippen LogP contribution < -0.4 is 0 Å². The smallest absolute Gasteiger partial charge is 0.154 e. The lowest BCUT2D eigenvalue weighted by atomic mass is 10.1. The molecule has 2 heterocycles. The van der Waals surface area contributed by atoms with Crippen LogP contribution in [0.15, 0.2) is 28.8 Å². The maximum Gasteiger partial charge on any atom is 0.154 e. The van der Waals surface area contributed by atoms with Crippen molar-refractivity contribution < 1.29 is 13.3 Å². The van der Waals surface area contributed by atoms with Crippen molar-refractivity contribution in [1.82, 2.24) is 10.1 Å². The van der Waals surface area contributed by atoms with Crippen molar-refractivity contribution in [1.29, 1.82) is 0 Å². The summed E-state index contributed by atoms with van der Waals surface area (Å²) in [6.45, 7) is 3.21. The molecule has 1 saturated heterocycles. The molecular weight excluding hydrogens is 262 g/mol. The van der Waals surface area contributed by atoms with E-state index in [1.165, 1.54) is 12.1 Å². The maximum absolute atomic E-state index is 13.7. The molecule has 0 saturated carbocycles. The Bertz CT molecular complexity index is 612. The van der Waals surface area contributed by atoms with E-state index in [0.29, 0.717) is 12.1 Å². The third-order valence-corrected chi connectivity index (χ3v) is 3.73. The van der Waals surface area contributed by atoms with E-state index in [9.17, 15) is 8.78 Å². The summed E-state index contributed by atoms with van der Waals surface area (Å²) in [5.41, 5.74) is 1.36. The molecule has 2 aromatic rings. The summed E-state index contributed by atoms with van der Waals surface area (Å²) in [5.74, 6) is -0.220. The number of hydrogen-bond acceptors (Lipinski definition) is 3. The van der Waals surface area contributed by atoms with Gasteiger partial charge in [-0.25, -0.2) is 8.78 Å². The Morgan fingerprint density at radius 3 is 2.90 bits per heavy atom. The van der Waals surface area contributed by atoms with Crippen LogP contribution in [-0.4, -0.2) is 16.6 Å². The highest BCUT2D eigenvalue weighted by Gasteiger charge is 2.29. The fraction of sp³-hybridized carbons (Fsp3) is 0.400. The topological polar surface area (TPSA) is 29.3 Å². The Labute approximate surface area is 116 Å². The number of halogens is 2. The van der Waals surface area contributed by atoms with E-state index in [-0.39, 0.29) is 6.04 Å². The van der Waals surface area contributed by atoms with E-state index in [2.05, 4.69) is 10.1 Å². The zero-order chi connectivity index (χ0) is 14.1. The molecule has 1 aliphatic heterocycles. The van der Waals surface area contributed by atoms with E-state index in [4.69, 9.17) is 4.52 Å². The van der Waals surface area contributed by atoms with Crippen LogP contribution >= 0.6 is 0 Å². The normalized spacial score (nSPS) is 19.6. The zero-order valence-electron chi connectivity index (χ0n) is 11.3. The van der Waals surface area contributed by atoms with Crippen molar-refractivity contribution in [3.63, 3.8) is 0 Å². The van der Waals surface area contributed by atoms with Crippen molar-refractivity contribution in [2.45, 2.75) is 32.4 Å². The zero-order valence-corrected chi connectivity index (χ0v) is 11.3. The summed E-state index contributed by atoms with van der Waals surface area (Å²) in [4.78, 5) is 2.15. The van der Waals surface area contributed by atoms with E-state index in [0.717, 1.165) is 36.9 Å². The third kappa shape index (κ3) is 2.58. The number of aryl methyl sites for hydroxylation is 1. The Hall–Kier alpha value is -1.75. The Morgan fingerprint density at radius 1 is 1.35 bits per heavy atom. The first-order chi connectivity index (χ1) is 9.63. The van der Waals surface area contributed by atoms with Crippen molar-refractivity contribution in [3.8, 4) is 0 Å². The van der Waals surface area contributed by atoms with Gasteiger partial charge in [0.1, 0.15) is 11.6 Å². The van der Waals surface area contributed by atoms with E-state index < -0.39 is 11.6 Å². The number of rotatable bonds is 3. The fourth-order valence-electron chi connectivity index (χ4n) is 2.75. The predicted molar refractivity (Wildman–Crippen MR) is 70.0 cm³/mol. The molecule has 20 heavy (non-hydrogen) atoms. The lowest BCUT2D eigenvalue weighted by Gasteiger charge is -2.22. The average Bonchev–Trinajstić information content (AvgIpc) is 3.01. The summed E-state index contributed by atoms with van der Waals surface area (Å²) in [5, 5.41) is 3.91. The van der Waals surface area contributed by atoms with Gasteiger partial charge in [0.05, 0.1) is 11.7 Å². The van der Waals surface area contributed by atoms with Gasteiger partial charge in [-0.05, 0) is 32.4 Å². The molecular formula is C15H16F2N2O. The van der Waals surface area contributed by atoms with Crippen LogP contribution in [0.1, 0.15) is 35.9 Å². The highest BCUT2D eigenvalue weighted by molar-refractivity contribution is 5.19. The van der Waals surface area contributed by atoms with Gasteiger partial charge < -0.3 is 4.52 Å². The summed E-state index contributed by atoms with van der Waals surface area (Å²) >= 11 is 0. The molecule has 0 amide bonds. The highest BCUT2D eigenvalue weighted by Crippen LogP contribution is 2.33. The van der Waals surface area contributed by atoms with Gasteiger partial charge in [0.25, 0.3) is 0 Å². The van der Waals surface area contributed by atoms with Crippen LogP contribution in [0.2, 0.25) is 0 Å². The first-order valence-electron chi connectivity index (χ1n) is 6.74. The second kappa shape index (κ2) is 5.32. The lowest BCUT2D eigenvalue weighted by Crippen LogP contribution is -2.23. The summed E-state index contributed by atoms with van der Waals surface area (Å²) in [6, 6.07) is 5.78. The molecule has 0 radical (unpaired) electrons. The molecule has 5 heteroatoms. The molecule has 0 spiro atoms. The summed E-state index contributed by atoms with van der Waals surface area (Å²) in [6.07, 6.45) is 2.00. The molecule has 1 fully saturated rings. The monoisotopic (exact) mass is 278 g/mol. The number of nitrogens with zero attached hydrogens (tertiary/aromatic N) is 2.